The maximum absolute atomic E-state index is 10.8. The minimum absolute atomic E-state index is 0.0130. The van der Waals surface area contributed by atoms with Crippen LogP contribution in [0.2, 0.25) is 0 Å². The Balaban J connectivity index is 2.29. The predicted octanol–water partition coefficient (Wildman–Crippen LogP) is 2.10. The van der Waals surface area contributed by atoms with Gasteiger partial charge in [0.05, 0.1) is 12.5 Å². The lowest BCUT2D eigenvalue weighted by atomic mass is 10.2. The van der Waals surface area contributed by atoms with E-state index in [9.17, 15) is 4.79 Å². The zero-order valence-corrected chi connectivity index (χ0v) is 11.5. The lowest BCUT2D eigenvalue weighted by molar-refractivity contribution is -0.137. The molecule has 2 rings (SSSR count). The second kappa shape index (κ2) is 5.83. The van der Waals surface area contributed by atoms with E-state index in [1.165, 1.54) is 0 Å². The molecule has 0 fully saturated rings. The van der Waals surface area contributed by atoms with E-state index in [2.05, 4.69) is 15.5 Å². The molecular weight excluding hydrogens is 264 g/mol. The van der Waals surface area contributed by atoms with Gasteiger partial charge >= 0.3 is 5.97 Å². The Morgan fingerprint density at radius 2 is 2.11 bits per heavy atom. The fraction of sp³-hybridized carbons (Fsp3) is 0.333. The van der Waals surface area contributed by atoms with E-state index in [-0.39, 0.29) is 12.5 Å². The maximum Gasteiger partial charge on any atom is 0.305 e. The monoisotopic (exact) mass is 278 g/mol. The van der Waals surface area contributed by atoms with Gasteiger partial charge in [0.1, 0.15) is 0 Å². The first-order chi connectivity index (χ1) is 9.11. The van der Waals surface area contributed by atoms with Gasteiger partial charge in [0, 0.05) is 10.5 Å². The first kappa shape index (κ1) is 13.5. The molecule has 1 aromatic heterocycles. The fourth-order valence-corrected chi connectivity index (χ4v) is 2.17. The van der Waals surface area contributed by atoms with Gasteiger partial charge < -0.3 is 5.11 Å². The SMILES string of the molecule is CSc1ccc(-c2nnnn2C(C)CC(=O)O)cc1. The van der Waals surface area contributed by atoms with Gasteiger partial charge in [-0.2, -0.15) is 0 Å². The van der Waals surface area contributed by atoms with Crippen LogP contribution in [-0.2, 0) is 4.79 Å². The molecule has 0 aliphatic heterocycles. The molecular formula is C12H14N4O2S. The molecule has 1 N–H and O–H groups in total. The van der Waals surface area contributed by atoms with Gasteiger partial charge in [-0.1, -0.05) is 12.1 Å². The van der Waals surface area contributed by atoms with Crippen LogP contribution in [-0.4, -0.2) is 37.5 Å². The standard InChI is InChI=1S/C12H14N4O2S/c1-8(7-11(17)18)16-12(13-14-15-16)9-3-5-10(19-2)6-4-9/h3-6,8H,7H2,1-2H3,(H,17,18). The van der Waals surface area contributed by atoms with Crippen molar-refractivity contribution in [1.29, 1.82) is 0 Å². The van der Waals surface area contributed by atoms with E-state index >= 15 is 0 Å². The molecule has 1 atom stereocenters. The Bertz CT molecular complexity index is 567. The van der Waals surface area contributed by atoms with Crippen molar-refractivity contribution < 1.29 is 9.90 Å². The van der Waals surface area contributed by atoms with Gasteiger partial charge in [0.15, 0.2) is 5.82 Å². The number of tetrazole rings is 1. The number of benzene rings is 1. The van der Waals surface area contributed by atoms with Crippen LogP contribution in [0.25, 0.3) is 11.4 Å². The van der Waals surface area contributed by atoms with Crippen LogP contribution in [0.15, 0.2) is 29.2 Å². The minimum atomic E-state index is -0.869. The molecule has 7 heteroatoms. The number of nitrogens with zero attached hydrogens (tertiary/aromatic N) is 4. The predicted molar refractivity (Wildman–Crippen MR) is 72.0 cm³/mol. The molecule has 0 amide bonds. The molecule has 6 nitrogen and oxygen atoms in total. The Morgan fingerprint density at radius 3 is 2.68 bits per heavy atom. The number of aromatic nitrogens is 4. The van der Waals surface area contributed by atoms with Crippen LogP contribution in [0.4, 0.5) is 0 Å². The topological polar surface area (TPSA) is 80.9 Å². The van der Waals surface area contributed by atoms with E-state index in [4.69, 9.17) is 5.11 Å². The molecule has 100 valence electrons. The average molecular weight is 278 g/mol. The molecule has 1 heterocycles. The molecule has 19 heavy (non-hydrogen) atoms. The van der Waals surface area contributed by atoms with Crippen molar-refractivity contribution in [2.75, 3.05) is 6.26 Å². The van der Waals surface area contributed by atoms with Crippen molar-refractivity contribution in [3.05, 3.63) is 24.3 Å². The third kappa shape index (κ3) is 3.11. The smallest absolute Gasteiger partial charge is 0.305 e. The second-order valence-corrected chi connectivity index (χ2v) is 5.00. The highest BCUT2D eigenvalue weighted by Gasteiger charge is 2.17. The van der Waals surface area contributed by atoms with E-state index in [0.29, 0.717) is 5.82 Å². The first-order valence-electron chi connectivity index (χ1n) is 5.76. The number of hydrogen-bond acceptors (Lipinski definition) is 5. The summed E-state index contributed by atoms with van der Waals surface area (Å²) in [5.74, 6) is -0.284. The third-order valence-electron chi connectivity index (χ3n) is 2.73. The van der Waals surface area contributed by atoms with Crippen molar-refractivity contribution >= 4 is 17.7 Å². The number of carbonyl (C=O) groups is 1. The summed E-state index contributed by atoms with van der Waals surface area (Å²) in [6.07, 6.45) is 1.99. The van der Waals surface area contributed by atoms with Crippen molar-refractivity contribution in [3.8, 4) is 11.4 Å². The quantitative estimate of drug-likeness (QED) is 0.843. The summed E-state index contributed by atoms with van der Waals surface area (Å²) in [4.78, 5) is 11.9. The van der Waals surface area contributed by atoms with Crippen molar-refractivity contribution in [2.24, 2.45) is 0 Å². The van der Waals surface area contributed by atoms with Crippen LogP contribution >= 0.6 is 11.8 Å². The van der Waals surface area contributed by atoms with Crippen LogP contribution < -0.4 is 0 Å². The highest BCUT2D eigenvalue weighted by Crippen LogP contribution is 2.23. The van der Waals surface area contributed by atoms with E-state index in [1.807, 2.05) is 30.5 Å². The van der Waals surface area contributed by atoms with E-state index in [1.54, 1.807) is 23.4 Å². The van der Waals surface area contributed by atoms with E-state index in [0.717, 1.165) is 10.5 Å². The molecule has 0 spiro atoms. The summed E-state index contributed by atoms with van der Waals surface area (Å²) < 4.78 is 1.54. The van der Waals surface area contributed by atoms with Crippen molar-refractivity contribution in [1.82, 2.24) is 20.2 Å². The van der Waals surface area contributed by atoms with Crippen molar-refractivity contribution in [2.45, 2.75) is 24.3 Å². The number of rotatable bonds is 5. The largest absolute Gasteiger partial charge is 0.481 e. The first-order valence-corrected chi connectivity index (χ1v) is 6.98. The summed E-state index contributed by atoms with van der Waals surface area (Å²) in [6.45, 7) is 1.78. The lowest BCUT2D eigenvalue weighted by Crippen LogP contribution is -2.13. The molecule has 0 aliphatic carbocycles. The molecule has 2 aromatic rings. The normalized spacial score (nSPS) is 12.3. The van der Waals surface area contributed by atoms with Crippen LogP contribution in [0.3, 0.4) is 0 Å². The van der Waals surface area contributed by atoms with Crippen LogP contribution in [0.5, 0.6) is 0 Å². The number of carboxylic acid groups (broad SMARTS) is 1. The molecule has 0 aliphatic rings. The number of hydrogen-bond donors (Lipinski definition) is 1. The molecule has 0 saturated carbocycles. The highest BCUT2D eigenvalue weighted by atomic mass is 32.2. The van der Waals surface area contributed by atoms with Gasteiger partial charge in [-0.15, -0.1) is 16.9 Å². The molecule has 1 unspecified atom stereocenters. The van der Waals surface area contributed by atoms with Gasteiger partial charge in [0.25, 0.3) is 0 Å². The highest BCUT2D eigenvalue weighted by molar-refractivity contribution is 7.98. The zero-order chi connectivity index (χ0) is 13.8. The molecule has 0 bridgehead atoms. The zero-order valence-electron chi connectivity index (χ0n) is 10.6. The van der Waals surface area contributed by atoms with Crippen LogP contribution in [0, 0.1) is 0 Å². The Morgan fingerprint density at radius 1 is 1.42 bits per heavy atom. The third-order valence-corrected chi connectivity index (χ3v) is 3.47. The summed E-state index contributed by atoms with van der Waals surface area (Å²) in [5, 5.41) is 20.3. The number of carboxylic acids is 1. The Labute approximate surface area is 114 Å². The summed E-state index contributed by atoms with van der Waals surface area (Å²) in [5.41, 5.74) is 0.875. The minimum Gasteiger partial charge on any atom is -0.481 e. The van der Waals surface area contributed by atoms with Gasteiger partial charge in [-0.25, -0.2) is 4.68 Å². The molecule has 0 radical (unpaired) electrons. The second-order valence-electron chi connectivity index (χ2n) is 4.12. The lowest BCUT2D eigenvalue weighted by Gasteiger charge is -2.11. The van der Waals surface area contributed by atoms with Crippen LogP contribution in [0.1, 0.15) is 19.4 Å². The summed E-state index contributed by atoms with van der Waals surface area (Å²) >= 11 is 1.66. The van der Waals surface area contributed by atoms with Gasteiger partial charge in [-0.05, 0) is 35.7 Å². The fourth-order valence-electron chi connectivity index (χ4n) is 1.76. The summed E-state index contributed by atoms with van der Waals surface area (Å²) in [7, 11) is 0. The Hall–Kier alpha value is -1.89. The van der Waals surface area contributed by atoms with Gasteiger partial charge in [-0.3, -0.25) is 4.79 Å². The van der Waals surface area contributed by atoms with Gasteiger partial charge in [0.2, 0.25) is 0 Å². The average Bonchev–Trinajstić information content (AvgIpc) is 2.87. The summed E-state index contributed by atoms with van der Waals surface area (Å²) in [6, 6.07) is 7.55. The molecule has 0 saturated heterocycles. The maximum atomic E-state index is 10.8. The molecule has 1 aromatic carbocycles. The van der Waals surface area contributed by atoms with Crippen molar-refractivity contribution in [3.63, 3.8) is 0 Å². The number of aliphatic carboxylic acids is 1. The Kier molecular flexibility index (Phi) is 4.16. The number of thioether (sulfide) groups is 1. The van der Waals surface area contributed by atoms with E-state index < -0.39 is 5.97 Å².